The summed E-state index contributed by atoms with van der Waals surface area (Å²) >= 11 is 6.25. The number of rotatable bonds is 4. The molecule has 0 amide bonds. The van der Waals surface area contributed by atoms with E-state index in [0.29, 0.717) is 11.4 Å². The Morgan fingerprint density at radius 2 is 2.06 bits per heavy atom. The fourth-order valence-corrected chi connectivity index (χ4v) is 2.37. The average molecular weight is 273 g/mol. The van der Waals surface area contributed by atoms with Crippen LogP contribution in [0.15, 0.2) is 0 Å². The van der Waals surface area contributed by atoms with Gasteiger partial charge in [-0.1, -0.05) is 39.3 Å². The number of nitrogens with zero attached hydrogens (tertiary/aromatic N) is 2. The van der Waals surface area contributed by atoms with Gasteiger partial charge in [0, 0.05) is 13.5 Å². The zero-order chi connectivity index (χ0) is 14.1. The van der Waals surface area contributed by atoms with E-state index < -0.39 is 11.9 Å². The Bertz CT molecular complexity index is 447. The van der Waals surface area contributed by atoms with Crippen LogP contribution in [-0.4, -0.2) is 20.9 Å². The van der Waals surface area contributed by atoms with Crippen LogP contribution >= 0.6 is 11.6 Å². The molecule has 0 bridgehead atoms. The highest BCUT2D eigenvalue weighted by atomic mass is 35.5. The fourth-order valence-electron chi connectivity index (χ4n) is 2.00. The molecule has 1 N–H and O–H groups in total. The summed E-state index contributed by atoms with van der Waals surface area (Å²) in [5.41, 5.74) is 1.31. The van der Waals surface area contributed by atoms with E-state index in [-0.39, 0.29) is 5.41 Å². The van der Waals surface area contributed by atoms with Gasteiger partial charge in [-0.05, 0) is 11.8 Å². The van der Waals surface area contributed by atoms with E-state index in [4.69, 9.17) is 11.6 Å². The molecule has 102 valence electrons. The number of carboxylic acids is 1. The molecule has 0 aliphatic carbocycles. The van der Waals surface area contributed by atoms with E-state index >= 15 is 0 Å². The summed E-state index contributed by atoms with van der Waals surface area (Å²) in [6.45, 7) is 7.76. The maximum atomic E-state index is 11.4. The van der Waals surface area contributed by atoms with Gasteiger partial charge < -0.3 is 5.11 Å². The maximum Gasteiger partial charge on any atom is 0.307 e. The lowest BCUT2D eigenvalue weighted by Crippen LogP contribution is -2.31. The standard InChI is InChI=1S/C13H21ClN2O2/c1-6-9-11(14)10(16(5)15-9)7-8(12(17)18)13(2,3)4/h8H,6-7H2,1-5H3,(H,17,18). The van der Waals surface area contributed by atoms with Gasteiger partial charge in [0.25, 0.3) is 0 Å². The summed E-state index contributed by atoms with van der Waals surface area (Å²) in [5, 5.41) is 14.3. The van der Waals surface area contributed by atoms with E-state index in [1.165, 1.54) is 0 Å². The Morgan fingerprint density at radius 3 is 2.39 bits per heavy atom. The van der Waals surface area contributed by atoms with E-state index in [1.54, 1.807) is 4.68 Å². The first-order valence-electron chi connectivity index (χ1n) is 6.11. The van der Waals surface area contributed by atoms with Crippen LogP contribution in [0.25, 0.3) is 0 Å². The SMILES string of the molecule is CCc1nn(C)c(CC(C(=O)O)C(C)(C)C)c1Cl. The van der Waals surface area contributed by atoms with Crippen LogP contribution in [0.2, 0.25) is 5.02 Å². The van der Waals surface area contributed by atoms with Crippen LogP contribution in [0.5, 0.6) is 0 Å². The van der Waals surface area contributed by atoms with Gasteiger partial charge in [0.1, 0.15) is 0 Å². The van der Waals surface area contributed by atoms with Crippen molar-refractivity contribution >= 4 is 17.6 Å². The van der Waals surface area contributed by atoms with Crippen molar-refractivity contribution in [2.75, 3.05) is 0 Å². The Balaban J connectivity index is 3.09. The Labute approximate surface area is 113 Å². The van der Waals surface area contributed by atoms with E-state index in [9.17, 15) is 9.90 Å². The second kappa shape index (κ2) is 5.31. The molecule has 0 saturated carbocycles. The van der Waals surface area contributed by atoms with Crippen LogP contribution in [0.1, 0.15) is 39.1 Å². The first-order valence-corrected chi connectivity index (χ1v) is 6.49. The summed E-state index contributed by atoms with van der Waals surface area (Å²) < 4.78 is 1.70. The van der Waals surface area contributed by atoms with Gasteiger partial charge in [0.15, 0.2) is 0 Å². The van der Waals surface area contributed by atoms with Crippen molar-refractivity contribution in [2.45, 2.75) is 40.5 Å². The number of halogens is 1. The normalized spacial score (nSPS) is 13.7. The molecule has 0 aromatic carbocycles. The molecule has 0 radical (unpaired) electrons. The number of aliphatic carboxylic acids is 1. The second-order valence-electron chi connectivity index (χ2n) is 5.65. The monoisotopic (exact) mass is 272 g/mol. The molecule has 0 aliphatic heterocycles. The van der Waals surface area contributed by atoms with Crippen LogP contribution in [0.3, 0.4) is 0 Å². The molecule has 0 aliphatic rings. The highest BCUT2D eigenvalue weighted by Gasteiger charge is 2.33. The van der Waals surface area contributed by atoms with Crippen LogP contribution in [0, 0.1) is 11.3 Å². The zero-order valence-corrected chi connectivity index (χ0v) is 12.4. The first-order chi connectivity index (χ1) is 8.18. The van der Waals surface area contributed by atoms with Gasteiger partial charge in [0.2, 0.25) is 0 Å². The van der Waals surface area contributed by atoms with Crippen molar-refractivity contribution in [3.8, 4) is 0 Å². The molecule has 4 nitrogen and oxygen atoms in total. The van der Waals surface area contributed by atoms with Crippen LogP contribution in [-0.2, 0) is 24.7 Å². The quantitative estimate of drug-likeness (QED) is 0.917. The van der Waals surface area contributed by atoms with Gasteiger partial charge in [-0.3, -0.25) is 9.48 Å². The molecule has 0 saturated heterocycles. The molecule has 1 rings (SSSR count). The summed E-state index contributed by atoms with van der Waals surface area (Å²) in [7, 11) is 1.81. The summed E-state index contributed by atoms with van der Waals surface area (Å²) in [6, 6.07) is 0. The Morgan fingerprint density at radius 1 is 1.50 bits per heavy atom. The molecule has 5 heteroatoms. The predicted octanol–water partition coefficient (Wildman–Crippen LogP) is 2.93. The summed E-state index contributed by atoms with van der Waals surface area (Å²) in [6.07, 6.45) is 1.15. The van der Waals surface area contributed by atoms with Crippen LogP contribution < -0.4 is 0 Å². The van der Waals surface area contributed by atoms with Gasteiger partial charge in [0.05, 0.1) is 22.3 Å². The number of hydrogen-bond acceptors (Lipinski definition) is 2. The molecule has 1 heterocycles. The average Bonchev–Trinajstić information content (AvgIpc) is 2.49. The molecular formula is C13H21ClN2O2. The smallest absolute Gasteiger partial charge is 0.307 e. The fraction of sp³-hybridized carbons (Fsp3) is 0.692. The minimum atomic E-state index is -0.794. The molecule has 0 fully saturated rings. The maximum absolute atomic E-state index is 11.4. The highest BCUT2D eigenvalue weighted by Crippen LogP contribution is 2.32. The number of carboxylic acid groups (broad SMARTS) is 1. The Kier molecular flexibility index (Phi) is 4.43. The van der Waals surface area contributed by atoms with Gasteiger partial charge in [-0.25, -0.2) is 0 Å². The molecular weight excluding hydrogens is 252 g/mol. The molecule has 18 heavy (non-hydrogen) atoms. The molecule has 1 unspecified atom stereocenters. The van der Waals surface area contributed by atoms with E-state index in [1.807, 2.05) is 34.7 Å². The predicted molar refractivity (Wildman–Crippen MR) is 71.9 cm³/mol. The van der Waals surface area contributed by atoms with Gasteiger partial charge in [-0.15, -0.1) is 0 Å². The third kappa shape index (κ3) is 3.05. The summed E-state index contributed by atoms with van der Waals surface area (Å²) in [5.74, 6) is -1.27. The van der Waals surface area contributed by atoms with Crippen molar-refractivity contribution in [2.24, 2.45) is 18.4 Å². The minimum Gasteiger partial charge on any atom is -0.481 e. The van der Waals surface area contributed by atoms with Crippen molar-refractivity contribution in [3.63, 3.8) is 0 Å². The first kappa shape index (κ1) is 15.0. The lowest BCUT2D eigenvalue weighted by Gasteiger charge is -2.27. The second-order valence-corrected chi connectivity index (χ2v) is 6.02. The number of carbonyl (C=O) groups is 1. The molecule has 1 atom stereocenters. The van der Waals surface area contributed by atoms with E-state index in [2.05, 4.69) is 5.10 Å². The number of aromatic nitrogens is 2. The molecule has 1 aromatic heterocycles. The van der Waals surface area contributed by atoms with Gasteiger partial charge in [-0.2, -0.15) is 5.10 Å². The topological polar surface area (TPSA) is 55.1 Å². The van der Waals surface area contributed by atoms with Crippen molar-refractivity contribution in [1.29, 1.82) is 0 Å². The minimum absolute atomic E-state index is 0.314. The summed E-state index contributed by atoms with van der Waals surface area (Å²) in [4.78, 5) is 11.4. The Hall–Kier alpha value is -1.03. The van der Waals surface area contributed by atoms with Crippen molar-refractivity contribution in [3.05, 3.63) is 16.4 Å². The van der Waals surface area contributed by atoms with Gasteiger partial charge >= 0.3 is 5.97 Å². The van der Waals surface area contributed by atoms with Crippen molar-refractivity contribution in [1.82, 2.24) is 9.78 Å². The molecule has 0 spiro atoms. The lowest BCUT2D eigenvalue weighted by molar-refractivity contribution is -0.145. The van der Waals surface area contributed by atoms with Crippen molar-refractivity contribution < 1.29 is 9.90 Å². The highest BCUT2D eigenvalue weighted by molar-refractivity contribution is 6.31. The number of aryl methyl sites for hydroxylation is 2. The number of hydrogen-bond donors (Lipinski definition) is 1. The zero-order valence-electron chi connectivity index (χ0n) is 11.6. The van der Waals surface area contributed by atoms with E-state index in [0.717, 1.165) is 17.8 Å². The molecule has 1 aromatic rings. The third-order valence-corrected chi connectivity index (χ3v) is 3.68. The third-order valence-electron chi connectivity index (χ3n) is 3.24. The largest absolute Gasteiger partial charge is 0.481 e. The lowest BCUT2D eigenvalue weighted by atomic mass is 9.78. The van der Waals surface area contributed by atoms with Crippen LogP contribution in [0.4, 0.5) is 0 Å².